The summed E-state index contributed by atoms with van der Waals surface area (Å²) in [6.07, 6.45) is 6.21. The highest BCUT2D eigenvalue weighted by atomic mass is 35.5. The Morgan fingerprint density at radius 3 is 2.19 bits per heavy atom. The SMILES string of the molecule is Cc1cccc(CN(C(=O)CN(c2cc(Cl)c(Cl)cc2Cl)S(C)(=O)=O)C(Cc2ccccc2)C(=O)NC2CCCCC2)c1. The fourth-order valence-corrected chi connectivity index (χ4v) is 6.95. The average molecular weight is 665 g/mol. The van der Waals surface area contributed by atoms with E-state index >= 15 is 0 Å². The number of benzene rings is 3. The predicted octanol–water partition coefficient (Wildman–Crippen LogP) is 6.81. The number of anilines is 1. The molecule has 43 heavy (non-hydrogen) atoms. The molecule has 1 aliphatic rings. The van der Waals surface area contributed by atoms with Crippen molar-refractivity contribution in [2.24, 2.45) is 0 Å². The summed E-state index contributed by atoms with van der Waals surface area (Å²) in [5.41, 5.74) is 2.71. The van der Waals surface area contributed by atoms with E-state index in [1.54, 1.807) is 0 Å². The first-order valence-corrected chi connectivity index (χ1v) is 17.2. The van der Waals surface area contributed by atoms with E-state index in [1.165, 1.54) is 17.0 Å². The Morgan fingerprint density at radius 2 is 1.53 bits per heavy atom. The molecule has 1 fully saturated rings. The highest BCUT2D eigenvalue weighted by molar-refractivity contribution is 7.92. The molecule has 0 spiro atoms. The molecule has 1 atom stereocenters. The van der Waals surface area contributed by atoms with Crippen LogP contribution >= 0.6 is 34.8 Å². The summed E-state index contributed by atoms with van der Waals surface area (Å²) in [4.78, 5) is 29.8. The first kappa shape index (κ1) is 33.1. The largest absolute Gasteiger partial charge is 0.352 e. The van der Waals surface area contributed by atoms with Gasteiger partial charge >= 0.3 is 0 Å². The number of rotatable bonds is 11. The molecule has 7 nitrogen and oxygen atoms in total. The summed E-state index contributed by atoms with van der Waals surface area (Å²) in [5, 5.41) is 3.46. The highest BCUT2D eigenvalue weighted by Gasteiger charge is 2.34. The van der Waals surface area contributed by atoms with Gasteiger partial charge in [0.1, 0.15) is 12.6 Å². The van der Waals surface area contributed by atoms with Crippen LogP contribution < -0.4 is 9.62 Å². The summed E-state index contributed by atoms with van der Waals surface area (Å²) in [6.45, 7) is 1.46. The van der Waals surface area contributed by atoms with Crippen LogP contribution in [0.4, 0.5) is 5.69 Å². The molecule has 1 aliphatic carbocycles. The smallest absolute Gasteiger partial charge is 0.244 e. The zero-order valence-corrected chi connectivity index (χ0v) is 27.3. The van der Waals surface area contributed by atoms with Gasteiger partial charge < -0.3 is 10.2 Å². The van der Waals surface area contributed by atoms with Gasteiger partial charge in [-0.2, -0.15) is 0 Å². The number of nitrogens with zero attached hydrogens (tertiary/aromatic N) is 2. The molecule has 0 heterocycles. The molecule has 230 valence electrons. The van der Waals surface area contributed by atoms with Crippen LogP contribution in [0.3, 0.4) is 0 Å². The van der Waals surface area contributed by atoms with E-state index in [9.17, 15) is 18.0 Å². The Bertz CT molecular complexity index is 1550. The first-order chi connectivity index (χ1) is 20.4. The second-order valence-corrected chi connectivity index (χ2v) is 14.2. The molecular formula is C32H36Cl3N3O4S. The van der Waals surface area contributed by atoms with Gasteiger partial charge in [-0.15, -0.1) is 0 Å². The lowest BCUT2D eigenvalue weighted by Gasteiger charge is -2.35. The minimum atomic E-state index is -4.01. The number of carbonyl (C=O) groups is 2. The van der Waals surface area contributed by atoms with Gasteiger partial charge in [-0.1, -0.05) is 114 Å². The third-order valence-corrected chi connectivity index (χ3v) is 9.75. The Hall–Kier alpha value is -2.78. The standard InChI is InChI=1S/C32H36Cl3N3O4S/c1-22-10-9-13-24(16-22)20-37(31(39)21-38(43(2,41)42)29-19-27(34)26(33)18-28(29)35)30(17-23-11-5-3-6-12-23)32(40)36-25-14-7-4-8-15-25/h3,5-6,9-13,16,18-19,25,30H,4,7-8,14-15,17,20-21H2,1-2H3,(H,36,40). The van der Waals surface area contributed by atoms with Crippen LogP contribution in [0.15, 0.2) is 66.7 Å². The number of halogens is 3. The Kier molecular flexibility index (Phi) is 11.4. The minimum Gasteiger partial charge on any atom is -0.352 e. The van der Waals surface area contributed by atoms with Crippen molar-refractivity contribution in [3.05, 3.63) is 98.5 Å². The van der Waals surface area contributed by atoms with Gasteiger partial charge in [-0.25, -0.2) is 8.42 Å². The molecular weight excluding hydrogens is 629 g/mol. The third kappa shape index (κ3) is 9.11. The van der Waals surface area contributed by atoms with Gasteiger partial charge in [0.05, 0.1) is 27.0 Å². The molecule has 1 N–H and O–H groups in total. The number of sulfonamides is 1. The quantitative estimate of drug-likeness (QED) is 0.228. The van der Waals surface area contributed by atoms with E-state index in [-0.39, 0.29) is 45.7 Å². The molecule has 2 amide bonds. The molecule has 3 aromatic carbocycles. The summed E-state index contributed by atoms with van der Waals surface area (Å²) < 4.78 is 27.0. The van der Waals surface area contributed by atoms with Crippen molar-refractivity contribution in [1.29, 1.82) is 0 Å². The van der Waals surface area contributed by atoms with E-state index < -0.39 is 28.5 Å². The Morgan fingerprint density at radius 1 is 0.884 bits per heavy atom. The number of hydrogen-bond donors (Lipinski definition) is 1. The first-order valence-electron chi connectivity index (χ1n) is 14.2. The van der Waals surface area contributed by atoms with Gasteiger partial charge in [0.25, 0.3) is 0 Å². The van der Waals surface area contributed by atoms with Crippen LogP contribution in [-0.2, 0) is 32.6 Å². The van der Waals surface area contributed by atoms with E-state index in [4.69, 9.17) is 34.8 Å². The lowest BCUT2D eigenvalue weighted by Crippen LogP contribution is -2.55. The van der Waals surface area contributed by atoms with Gasteiger partial charge in [0, 0.05) is 19.0 Å². The average Bonchev–Trinajstić information content (AvgIpc) is 2.96. The minimum absolute atomic E-state index is 0.0219. The monoisotopic (exact) mass is 663 g/mol. The lowest BCUT2D eigenvalue weighted by molar-refractivity contribution is -0.140. The van der Waals surface area contributed by atoms with Crippen LogP contribution in [-0.4, -0.2) is 50.0 Å². The maximum atomic E-state index is 14.3. The summed E-state index contributed by atoms with van der Waals surface area (Å²) in [6, 6.07) is 18.9. The molecule has 0 aliphatic heterocycles. The number of hydrogen-bond acceptors (Lipinski definition) is 4. The fourth-order valence-electron chi connectivity index (χ4n) is 5.40. The van der Waals surface area contributed by atoms with Gasteiger partial charge in [-0.3, -0.25) is 13.9 Å². The van der Waals surface area contributed by atoms with E-state index in [0.29, 0.717) is 0 Å². The van der Waals surface area contributed by atoms with Crippen LogP contribution in [0.1, 0.15) is 48.8 Å². The topological polar surface area (TPSA) is 86.8 Å². The number of nitrogens with one attached hydrogen (secondary N) is 1. The summed E-state index contributed by atoms with van der Waals surface area (Å²) in [5.74, 6) is -0.830. The van der Waals surface area contributed by atoms with Crippen molar-refractivity contribution in [3.8, 4) is 0 Å². The predicted molar refractivity (Wildman–Crippen MR) is 174 cm³/mol. The third-order valence-electron chi connectivity index (χ3n) is 7.60. The van der Waals surface area contributed by atoms with Crippen molar-refractivity contribution in [1.82, 2.24) is 10.2 Å². The highest BCUT2D eigenvalue weighted by Crippen LogP contribution is 2.36. The zero-order chi connectivity index (χ0) is 31.1. The van der Waals surface area contributed by atoms with E-state index in [0.717, 1.165) is 59.4 Å². The van der Waals surface area contributed by atoms with Gasteiger partial charge in [-0.05, 0) is 43.0 Å². The summed E-state index contributed by atoms with van der Waals surface area (Å²) in [7, 11) is -4.01. The van der Waals surface area contributed by atoms with Gasteiger partial charge in [0.2, 0.25) is 21.8 Å². The number of carbonyl (C=O) groups excluding carboxylic acids is 2. The Labute approximate surface area is 269 Å². The number of amides is 2. The molecule has 11 heteroatoms. The maximum Gasteiger partial charge on any atom is 0.244 e. The molecule has 3 aromatic rings. The van der Waals surface area contributed by atoms with Crippen molar-refractivity contribution in [3.63, 3.8) is 0 Å². The number of aryl methyl sites for hydroxylation is 1. The van der Waals surface area contributed by atoms with Crippen LogP contribution in [0, 0.1) is 6.92 Å². The summed E-state index contributed by atoms with van der Waals surface area (Å²) >= 11 is 18.7. The second-order valence-electron chi connectivity index (χ2n) is 11.0. The van der Waals surface area contributed by atoms with E-state index in [1.807, 2.05) is 61.5 Å². The maximum absolute atomic E-state index is 14.3. The Balaban J connectivity index is 1.75. The van der Waals surface area contributed by atoms with Crippen molar-refractivity contribution in [2.75, 3.05) is 17.1 Å². The van der Waals surface area contributed by atoms with Gasteiger partial charge in [0.15, 0.2) is 0 Å². The molecule has 1 saturated carbocycles. The lowest BCUT2D eigenvalue weighted by atomic mass is 9.94. The molecule has 4 rings (SSSR count). The molecule has 0 radical (unpaired) electrons. The van der Waals surface area contributed by atoms with Crippen molar-refractivity contribution in [2.45, 2.75) is 64.1 Å². The van der Waals surface area contributed by atoms with Crippen LogP contribution in [0.25, 0.3) is 0 Å². The molecule has 0 aromatic heterocycles. The molecule has 0 bridgehead atoms. The molecule has 0 saturated heterocycles. The normalized spacial score (nSPS) is 14.6. The van der Waals surface area contributed by atoms with E-state index in [2.05, 4.69) is 5.32 Å². The van der Waals surface area contributed by atoms with Crippen LogP contribution in [0.2, 0.25) is 15.1 Å². The van der Waals surface area contributed by atoms with Crippen LogP contribution in [0.5, 0.6) is 0 Å². The fraction of sp³-hybridized carbons (Fsp3) is 0.375. The second kappa shape index (κ2) is 14.8. The van der Waals surface area contributed by atoms with Crippen molar-refractivity contribution >= 4 is 62.3 Å². The molecule has 1 unspecified atom stereocenters. The zero-order valence-electron chi connectivity index (χ0n) is 24.2. The van der Waals surface area contributed by atoms with Crippen molar-refractivity contribution < 1.29 is 18.0 Å².